The van der Waals surface area contributed by atoms with Crippen molar-refractivity contribution in [3.63, 3.8) is 0 Å². The van der Waals surface area contributed by atoms with Gasteiger partial charge in [-0.15, -0.1) is 0 Å². The molecule has 0 unspecified atom stereocenters. The molecule has 1 amide bonds. The van der Waals surface area contributed by atoms with Gasteiger partial charge < -0.3 is 5.32 Å². The van der Waals surface area contributed by atoms with E-state index in [1.165, 1.54) is 12.4 Å². The molecule has 0 saturated carbocycles. The van der Waals surface area contributed by atoms with Crippen LogP contribution in [0.25, 0.3) is 0 Å². The van der Waals surface area contributed by atoms with E-state index in [-0.39, 0.29) is 11.2 Å². The third-order valence-corrected chi connectivity index (χ3v) is 1.42. The number of nitrogens with one attached hydrogen (secondary N) is 1. The number of carbonyl (C=O) groups excluding carboxylic acids is 1. The molecule has 0 radical (unpaired) electrons. The van der Waals surface area contributed by atoms with Crippen molar-refractivity contribution in [1.29, 1.82) is 0 Å². The van der Waals surface area contributed by atoms with Crippen LogP contribution in [0.2, 0.25) is 5.28 Å². The first-order chi connectivity index (χ1) is 5.74. The molecule has 0 bridgehead atoms. The van der Waals surface area contributed by atoms with Gasteiger partial charge in [-0.05, 0) is 18.5 Å². The van der Waals surface area contributed by atoms with Crippen LogP contribution in [0, 0.1) is 0 Å². The maximum absolute atomic E-state index is 11.1. The Labute approximate surface area is 75.0 Å². The van der Waals surface area contributed by atoms with Crippen LogP contribution in [-0.2, 0) is 0 Å². The van der Waals surface area contributed by atoms with Crippen molar-refractivity contribution in [2.45, 2.75) is 6.92 Å². The molecule has 0 aromatic carbocycles. The Morgan fingerprint density at radius 3 is 2.67 bits per heavy atom. The Morgan fingerprint density at radius 2 is 2.17 bits per heavy atom. The van der Waals surface area contributed by atoms with Gasteiger partial charge in [-0.2, -0.15) is 0 Å². The van der Waals surface area contributed by atoms with E-state index in [2.05, 4.69) is 15.3 Å². The molecule has 64 valence electrons. The molecule has 0 aliphatic heterocycles. The van der Waals surface area contributed by atoms with E-state index in [1.54, 1.807) is 0 Å². The fourth-order valence-electron chi connectivity index (χ4n) is 0.692. The third-order valence-electron chi connectivity index (χ3n) is 1.22. The number of hydrogen-bond acceptors (Lipinski definition) is 3. The average molecular weight is 186 g/mol. The van der Waals surface area contributed by atoms with Gasteiger partial charge in [0.15, 0.2) is 0 Å². The lowest BCUT2D eigenvalue weighted by Crippen LogP contribution is -2.22. The minimum atomic E-state index is -0.186. The molecule has 5 heteroatoms. The highest BCUT2D eigenvalue weighted by atomic mass is 35.5. The predicted octanol–water partition coefficient (Wildman–Crippen LogP) is 0.880. The van der Waals surface area contributed by atoms with Gasteiger partial charge in [0.1, 0.15) is 0 Å². The molecule has 12 heavy (non-hydrogen) atoms. The highest BCUT2D eigenvalue weighted by Crippen LogP contribution is 1.99. The standard InChI is InChI=1S/C7H8ClN3O/c1-2-9-6(12)5-3-10-7(8)11-4-5/h3-4H,2H2,1H3,(H,9,12). The molecule has 1 N–H and O–H groups in total. The van der Waals surface area contributed by atoms with Gasteiger partial charge in [-0.3, -0.25) is 4.79 Å². The van der Waals surface area contributed by atoms with E-state index < -0.39 is 0 Å². The van der Waals surface area contributed by atoms with E-state index in [0.29, 0.717) is 12.1 Å². The highest BCUT2D eigenvalue weighted by molar-refractivity contribution is 6.28. The molecule has 0 aliphatic carbocycles. The number of amides is 1. The lowest BCUT2D eigenvalue weighted by atomic mass is 10.3. The topological polar surface area (TPSA) is 54.9 Å². The monoisotopic (exact) mass is 185 g/mol. The Bertz CT molecular complexity index is 272. The van der Waals surface area contributed by atoms with E-state index in [9.17, 15) is 4.79 Å². The maximum atomic E-state index is 11.1. The van der Waals surface area contributed by atoms with Gasteiger partial charge in [0.25, 0.3) is 5.91 Å². The number of hydrogen-bond donors (Lipinski definition) is 1. The fourth-order valence-corrected chi connectivity index (χ4v) is 0.790. The second kappa shape index (κ2) is 4.01. The van der Waals surface area contributed by atoms with Crippen molar-refractivity contribution < 1.29 is 4.79 Å². The zero-order valence-electron chi connectivity index (χ0n) is 6.54. The van der Waals surface area contributed by atoms with E-state index in [4.69, 9.17) is 11.6 Å². The summed E-state index contributed by atoms with van der Waals surface area (Å²) in [5.41, 5.74) is 0.418. The van der Waals surface area contributed by atoms with E-state index in [1.807, 2.05) is 6.92 Å². The molecule has 0 saturated heterocycles. The van der Waals surface area contributed by atoms with Crippen LogP contribution in [-0.4, -0.2) is 22.4 Å². The molecule has 0 spiro atoms. The van der Waals surface area contributed by atoms with Crippen LogP contribution >= 0.6 is 11.6 Å². The summed E-state index contributed by atoms with van der Waals surface area (Å²) in [6.07, 6.45) is 2.78. The number of carbonyl (C=O) groups is 1. The molecule has 1 aromatic heterocycles. The molecular weight excluding hydrogens is 178 g/mol. The Hall–Kier alpha value is -1.16. The number of aromatic nitrogens is 2. The lowest BCUT2D eigenvalue weighted by Gasteiger charge is -1.99. The zero-order valence-corrected chi connectivity index (χ0v) is 7.30. The SMILES string of the molecule is CCNC(=O)c1cnc(Cl)nc1. The summed E-state index contributed by atoms with van der Waals surface area (Å²) in [5, 5.41) is 2.76. The Balaban J connectivity index is 2.75. The number of halogens is 1. The summed E-state index contributed by atoms with van der Waals surface area (Å²) in [6.45, 7) is 2.43. The summed E-state index contributed by atoms with van der Waals surface area (Å²) < 4.78 is 0. The van der Waals surface area contributed by atoms with Gasteiger partial charge in [-0.25, -0.2) is 9.97 Å². The van der Waals surface area contributed by atoms with Crippen molar-refractivity contribution in [3.8, 4) is 0 Å². The lowest BCUT2D eigenvalue weighted by molar-refractivity contribution is 0.0955. The predicted molar refractivity (Wildman–Crippen MR) is 45.0 cm³/mol. The normalized spacial score (nSPS) is 9.50. The van der Waals surface area contributed by atoms with Crippen LogP contribution in [0.5, 0.6) is 0 Å². The van der Waals surface area contributed by atoms with Crippen LogP contribution in [0.4, 0.5) is 0 Å². The van der Waals surface area contributed by atoms with Crippen molar-refractivity contribution in [3.05, 3.63) is 23.2 Å². The summed E-state index contributed by atoms with van der Waals surface area (Å²) in [4.78, 5) is 18.5. The molecule has 1 aromatic rings. The van der Waals surface area contributed by atoms with Gasteiger partial charge in [0, 0.05) is 18.9 Å². The summed E-state index contributed by atoms with van der Waals surface area (Å²) >= 11 is 5.44. The molecule has 4 nitrogen and oxygen atoms in total. The number of nitrogens with zero attached hydrogens (tertiary/aromatic N) is 2. The Kier molecular flexibility index (Phi) is 2.99. The van der Waals surface area contributed by atoms with Gasteiger partial charge in [0.2, 0.25) is 5.28 Å². The quantitative estimate of drug-likeness (QED) is 0.696. The second-order valence-electron chi connectivity index (χ2n) is 2.10. The van der Waals surface area contributed by atoms with Gasteiger partial charge in [0.05, 0.1) is 5.56 Å². The minimum Gasteiger partial charge on any atom is -0.352 e. The molecular formula is C7H8ClN3O. The van der Waals surface area contributed by atoms with Crippen molar-refractivity contribution >= 4 is 17.5 Å². The van der Waals surface area contributed by atoms with Gasteiger partial charge in [-0.1, -0.05) is 0 Å². The first kappa shape index (κ1) is 8.93. The highest BCUT2D eigenvalue weighted by Gasteiger charge is 2.03. The van der Waals surface area contributed by atoms with Crippen molar-refractivity contribution in [2.24, 2.45) is 0 Å². The zero-order chi connectivity index (χ0) is 8.97. The average Bonchev–Trinajstić information content (AvgIpc) is 2.06. The first-order valence-corrected chi connectivity index (χ1v) is 3.87. The molecule has 1 heterocycles. The van der Waals surface area contributed by atoms with E-state index in [0.717, 1.165) is 0 Å². The Morgan fingerprint density at radius 1 is 1.58 bits per heavy atom. The number of rotatable bonds is 2. The largest absolute Gasteiger partial charge is 0.352 e. The first-order valence-electron chi connectivity index (χ1n) is 3.49. The van der Waals surface area contributed by atoms with Crippen molar-refractivity contribution in [2.75, 3.05) is 6.54 Å². The van der Waals surface area contributed by atoms with E-state index >= 15 is 0 Å². The summed E-state index contributed by atoms with van der Waals surface area (Å²) in [5.74, 6) is -0.186. The second-order valence-corrected chi connectivity index (χ2v) is 2.44. The molecule has 1 rings (SSSR count). The molecule has 0 atom stereocenters. The van der Waals surface area contributed by atoms with Crippen molar-refractivity contribution in [1.82, 2.24) is 15.3 Å². The minimum absolute atomic E-state index is 0.142. The van der Waals surface area contributed by atoms with Crippen LogP contribution in [0.3, 0.4) is 0 Å². The van der Waals surface area contributed by atoms with Crippen LogP contribution < -0.4 is 5.32 Å². The molecule has 0 aliphatic rings. The van der Waals surface area contributed by atoms with Crippen LogP contribution in [0.15, 0.2) is 12.4 Å². The summed E-state index contributed by atoms with van der Waals surface area (Å²) in [7, 11) is 0. The molecule has 0 fully saturated rings. The van der Waals surface area contributed by atoms with Crippen LogP contribution in [0.1, 0.15) is 17.3 Å². The smallest absolute Gasteiger partial charge is 0.254 e. The summed E-state index contributed by atoms with van der Waals surface area (Å²) in [6, 6.07) is 0. The fraction of sp³-hybridized carbons (Fsp3) is 0.286. The maximum Gasteiger partial charge on any atom is 0.254 e. The van der Waals surface area contributed by atoms with Gasteiger partial charge >= 0.3 is 0 Å². The third kappa shape index (κ3) is 2.17.